The molecule has 0 aromatic heterocycles. The topological polar surface area (TPSA) is 96.0 Å². The Bertz CT molecular complexity index is 1410. The van der Waals surface area contributed by atoms with Gasteiger partial charge in [0.1, 0.15) is 24.2 Å². The minimum atomic E-state index is -4.23. The van der Waals surface area contributed by atoms with Gasteiger partial charge in [0.15, 0.2) is 0 Å². The van der Waals surface area contributed by atoms with Crippen molar-refractivity contribution in [3.05, 3.63) is 89.7 Å². The van der Waals surface area contributed by atoms with Gasteiger partial charge in [-0.1, -0.05) is 62.2 Å². The van der Waals surface area contributed by atoms with Crippen LogP contribution in [0.15, 0.2) is 77.7 Å². The molecular weight excluding hydrogens is 545 g/mol. The molecule has 1 atom stereocenters. The van der Waals surface area contributed by atoms with Gasteiger partial charge >= 0.3 is 0 Å². The van der Waals surface area contributed by atoms with Crippen molar-refractivity contribution in [3.8, 4) is 5.75 Å². The molecule has 0 unspecified atom stereocenters. The number of sulfonamides is 1. The van der Waals surface area contributed by atoms with E-state index >= 15 is 0 Å². The number of benzene rings is 3. The van der Waals surface area contributed by atoms with E-state index < -0.39 is 34.3 Å². The lowest BCUT2D eigenvalue weighted by atomic mass is 10.1. The van der Waals surface area contributed by atoms with E-state index in [2.05, 4.69) is 5.32 Å². The van der Waals surface area contributed by atoms with Gasteiger partial charge in [-0.2, -0.15) is 0 Å². The first-order chi connectivity index (χ1) is 19.6. The number of rotatable bonds is 14. The fraction of sp³-hybridized carbons (Fsp3) is 0.355. The highest BCUT2D eigenvalue weighted by molar-refractivity contribution is 7.92. The van der Waals surface area contributed by atoms with Crippen molar-refractivity contribution in [1.82, 2.24) is 10.2 Å². The monoisotopic (exact) mass is 583 g/mol. The van der Waals surface area contributed by atoms with Gasteiger partial charge in [-0.05, 0) is 61.7 Å². The number of aryl methyl sites for hydroxylation is 1. The zero-order chi connectivity index (χ0) is 30.0. The highest BCUT2D eigenvalue weighted by atomic mass is 32.2. The molecule has 0 bridgehead atoms. The average Bonchev–Trinajstić information content (AvgIpc) is 2.97. The van der Waals surface area contributed by atoms with Crippen molar-refractivity contribution in [2.75, 3.05) is 24.5 Å². The van der Waals surface area contributed by atoms with Crippen molar-refractivity contribution >= 4 is 27.5 Å². The Labute approximate surface area is 242 Å². The predicted molar refractivity (Wildman–Crippen MR) is 158 cm³/mol. The third-order valence-electron chi connectivity index (χ3n) is 6.72. The number of para-hydroxylation sites is 2. The Morgan fingerprint density at radius 2 is 1.63 bits per heavy atom. The summed E-state index contributed by atoms with van der Waals surface area (Å²) >= 11 is 0. The maximum Gasteiger partial charge on any atom is 0.264 e. The summed E-state index contributed by atoms with van der Waals surface area (Å²) in [6, 6.07) is 17.7. The zero-order valence-corrected chi connectivity index (χ0v) is 24.8. The number of unbranched alkanes of at least 4 members (excludes halogenated alkanes) is 1. The number of methoxy groups -OCH3 is 1. The number of amides is 2. The van der Waals surface area contributed by atoms with Crippen molar-refractivity contribution in [1.29, 1.82) is 0 Å². The number of nitrogens with one attached hydrogen (secondary N) is 1. The van der Waals surface area contributed by atoms with Crippen LogP contribution in [-0.2, 0) is 26.2 Å². The maximum atomic E-state index is 14.1. The summed E-state index contributed by atoms with van der Waals surface area (Å²) in [7, 11) is -2.80. The highest BCUT2D eigenvalue weighted by Crippen LogP contribution is 2.32. The molecule has 0 fully saturated rings. The molecule has 8 nitrogen and oxygen atoms in total. The van der Waals surface area contributed by atoms with Crippen molar-refractivity contribution in [2.24, 2.45) is 0 Å². The summed E-state index contributed by atoms with van der Waals surface area (Å²) in [5.41, 5.74) is 1.67. The molecule has 3 aromatic rings. The maximum absolute atomic E-state index is 14.1. The van der Waals surface area contributed by atoms with Crippen LogP contribution in [0.3, 0.4) is 0 Å². The third kappa shape index (κ3) is 8.07. The number of anilines is 1. The van der Waals surface area contributed by atoms with Crippen LogP contribution < -0.4 is 14.4 Å². The molecule has 0 radical (unpaired) electrons. The Balaban J connectivity index is 2.06. The quantitative estimate of drug-likeness (QED) is 0.268. The summed E-state index contributed by atoms with van der Waals surface area (Å²) in [6.07, 6.45) is 1.97. The molecule has 0 saturated carbocycles. The Hall–Kier alpha value is -3.92. The van der Waals surface area contributed by atoms with Crippen molar-refractivity contribution in [2.45, 2.75) is 57.5 Å². The van der Waals surface area contributed by atoms with Gasteiger partial charge in [0, 0.05) is 13.1 Å². The summed E-state index contributed by atoms with van der Waals surface area (Å²) in [5.74, 6) is -1.08. The molecule has 0 aliphatic heterocycles. The van der Waals surface area contributed by atoms with Gasteiger partial charge in [0.25, 0.3) is 10.0 Å². The van der Waals surface area contributed by atoms with Crippen molar-refractivity contribution < 1.29 is 27.1 Å². The smallest absolute Gasteiger partial charge is 0.264 e. The molecule has 0 saturated heterocycles. The van der Waals surface area contributed by atoms with Crippen LogP contribution in [0.25, 0.3) is 0 Å². The fourth-order valence-corrected chi connectivity index (χ4v) is 5.82. The lowest BCUT2D eigenvalue weighted by molar-refractivity contribution is -0.140. The van der Waals surface area contributed by atoms with Crippen molar-refractivity contribution in [3.63, 3.8) is 0 Å². The molecule has 1 N–H and O–H groups in total. The van der Waals surface area contributed by atoms with Crippen LogP contribution in [0.2, 0.25) is 0 Å². The Kier molecular flexibility index (Phi) is 11.3. The first-order valence-corrected chi connectivity index (χ1v) is 15.1. The van der Waals surface area contributed by atoms with Gasteiger partial charge in [0.05, 0.1) is 17.7 Å². The van der Waals surface area contributed by atoms with Crippen LogP contribution in [0, 0.1) is 12.7 Å². The van der Waals surface area contributed by atoms with Crippen LogP contribution in [0.1, 0.15) is 44.2 Å². The molecule has 0 aliphatic rings. The number of nitrogens with zero attached hydrogens (tertiary/aromatic N) is 2. The number of hydrogen-bond acceptors (Lipinski definition) is 5. The minimum absolute atomic E-state index is 0.0104. The van der Waals surface area contributed by atoms with Crippen LogP contribution in [-0.4, -0.2) is 51.4 Å². The van der Waals surface area contributed by atoms with E-state index in [-0.39, 0.29) is 28.8 Å². The number of halogens is 1. The first-order valence-electron chi connectivity index (χ1n) is 13.7. The molecule has 3 aromatic carbocycles. The van der Waals surface area contributed by atoms with Gasteiger partial charge < -0.3 is 15.0 Å². The van der Waals surface area contributed by atoms with Gasteiger partial charge in [-0.3, -0.25) is 13.9 Å². The normalized spacial score (nSPS) is 11.9. The lowest BCUT2D eigenvalue weighted by Crippen LogP contribution is -2.52. The largest absolute Gasteiger partial charge is 0.495 e. The minimum Gasteiger partial charge on any atom is -0.495 e. The highest BCUT2D eigenvalue weighted by Gasteiger charge is 2.34. The van der Waals surface area contributed by atoms with E-state index in [0.29, 0.717) is 18.5 Å². The van der Waals surface area contributed by atoms with E-state index in [0.717, 1.165) is 22.7 Å². The van der Waals surface area contributed by atoms with Gasteiger partial charge in [-0.25, -0.2) is 12.8 Å². The van der Waals surface area contributed by atoms with Crippen LogP contribution in [0.5, 0.6) is 5.75 Å². The van der Waals surface area contributed by atoms with E-state index in [1.807, 2.05) is 13.8 Å². The average molecular weight is 584 g/mol. The molecule has 0 aliphatic carbocycles. The van der Waals surface area contributed by atoms with E-state index in [4.69, 9.17) is 4.74 Å². The molecule has 2 amide bonds. The predicted octanol–water partition coefficient (Wildman–Crippen LogP) is 5.06. The van der Waals surface area contributed by atoms with Gasteiger partial charge in [-0.15, -0.1) is 0 Å². The van der Waals surface area contributed by atoms with Gasteiger partial charge in [0.2, 0.25) is 11.8 Å². The van der Waals surface area contributed by atoms with Crippen LogP contribution >= 0.6 is 0 Å². The second-order valence-electron chi connectivity index (χ2n) is 9.71. The Morgan fingerprint density at radius 3 is 2.24 bits per heavy atom. The first kappa shape index (κ1) is 31.6. The van der Waals surface area contributed by atoms with E-state index in [9.17, 15) is 22.4 Å². The summed E-state index contributed by atoms with van der Waals surface area (Å²) in [6.45, 7) is 5.51. The van der Waals surface area contributed by atoms with Crippen LogP contribution in [0.4, 0.5) is 10.1 Å². The second-order valence-corrected chi connectivity index (χ2v) is 11.6. The third-order valence-corrected chi connectivity index (χ3v) is 8.50. The number of ether oxygens (including phenoxy) is 1. The summed E-state index contributed by atoms with van der Waals surface area (Å²) in [4.78, 5) is 28.7. The second kappa shape index (κ2) is 14.6. The number of carbonyl (C=O) groups excluding carboxylic acids is 2. The molecule has 3 rings (SSSR count). The summed E-state index contributed by atoms with van der Waals surface area (Å²) < 4.78 is 48.1. The molecular formula is C31H38FN3O5S. The SMILES string of the molecule is CCCCNC(=O)[C@@H](CC)N(Cc1ccc(F)cc1)C(=O)CN(c1ccccc1OC)S(=O)(=O)c1ccc(C)cc1. The number of hydrogen-bond donors (Lipinski definition) is 1. The molecule has 10 heteroatoms. The zero-order valence-electron chi connectivity index (χ0n) is 24.0. The Morgan fingerprint density at radius 1 is 0.976 bits per heavy atom. The fourth-order valence-electron chi connectivity index (χ4n) is 4.40. The van der Waals surface area contributed by atoms with E-state index in [1.54, 1.807) is 55.5 Å². The van der Waals surface area contributed by atoms with E-state index in [1.165, 1.54) is 36.3 Å². The molecule has 220 valence electrons. The molecule has 0 heterocycles. The molecule has 41 heavy (non-hydrogen) atoms. The standard InChI is InChI=1S/C31H38FN3O5S/c1-5-7-20-33-31(37)27(6-2)34(21-24-14-16-25(32)17-15-24)30(36)22-35(28-10-8-9-11-29(28)40-4)41(38,39)26-18-12-23(3)13-19-26/h8-19,27H,5-7,20-22H2,1-4H3,(H,33,37)/t27-/m1/s1. The summed E-state index contributed by atoms with van der Waals surface area (Å²) in [5, 5.41) is 2.88. The number of carbonyl (C=O) groups is 2. The lowest BCUT2D eigenvalue weighted by Gasteiger charge is -2.33. The molecule has 0 spiro atoms.